The Kier molecular flexibility index (Phi) is 8.58. The van der Waals surface area contributed by atoms with Crippen LogP contribution in [0.1, 0.15) is 58.3 Å². The lowest BCUT2D eigenvalue weighted by molar-refractivity contribution is -0.333. The van der Waals surface area contributed by atoms with Crippen molar-refractivity contribution in [2.75, 3.05) is 6.61 Å². The first-order valence-corrected chi connectivity index (χ1v) is 12.9. The summed E-state index contributed by atoms with van der Waals surface area (Å²) in [6.07, 6.45) is -11.4. The van der Waals surface area contributed by atoms with E-state index in [4.69, 9.17) is 14.2 Å². The molecule has 0 radical (unpaired) electrons. The SMILES string of the molecule is CC(C)(O)C[C@]1(O)C(=O)C(C)(C)C(=O)C(C)(C)[C@@H]1O[C@@H]1O[C@H](COC(=O)c2cc(O)c(O)c(O)c2)[C@@H](O)[C@H](O)[C@H]1O. The summed E-state index contributed by atoms with van der Waals surface area (Å²) < 4.78 is 16.5. The molecule has 1 heterocycles. The molecule has 0 spiro atoms. The van der Waals surface area contributed by atoms with Gasteiger partial charge in [-0.2, -0.15) is 0 Å². The number of benzene rings is 1. The molecule has 14 heteroatoms. The minimum Gasteiger partial charge on any atom is -0.504 e. The maximum Gasteiger partial charge on any atom is 0.338 e. The fourth-order valence-electron chi connectivity index (χ4n) is 5.66. The number of Topliss-reactive ketones (excluding diaryl/α,β-unsaturated/α-hetero) is 2. The van der Waals surface area contributed by atoms with E-state index in [1.54, 1.807) is 0 Å². The number of aliphatic hydroxyl groups excluding tert-OH is 3. The van der Waals surface area contributed by atoms with Crippen LogP contribution in [-0.2, 0) is 23.8 Å². The smallest absolute Gasteiger partial charge is 0.338 e. The van der Waals surface area contributed by atoms with E-state index in [0.717, 1.165) is 12.1 Å². The van der Waals surface area contributed by atoms with E-state index >= 15 is 0 Å². The Labute approximate surface area is 235 Å². The lowest BCUT2D eigenvalue weighted by Gasteiger charge is -2.54. The number of ketones is 2. The number of aliphatic hydroxyl groups is 5. The molecule has 1 aromatic carbocycles. The van der Waals surface area contributed by atoms with Crippen LogP contribution in [0.3, 0.4) is 0 Å². The van der Waals surface area contributed by atoms with Crippen molar-refractivity contribution in [1.29, 1.82) is 0 Å². The fraction of sp³-hybridized carbons (Fsp3) is 0.667. The number of phenols is 3. The van der Waals surface area contributed by atoms with Gasteiger partial charge in [0.2, 0.25) is 0 Å². The van der Waals surface area contributed by atoms with Crippen LogP contribution in [0, 0.1) is 10.8 Å². The highest BCUT2D eigenvalue weighted by atomic mass is 16.7. The van der Waals surface area contributed by atoms with Crippen LogP contribution in [0.5, 0.6) is 17.2 Å². The molecule has 2 fully saturated rings. The molecular formula is C27H38O14. The molecule has 230 valence electrons. The summed E-state index contributed by atoms with van der Waals surface area (Å²) >= 11 is 0. The van der Waals surface area contributed by atoms with E-state index in [2.05, 4.69) is 0 Å². The predicted molar refractivity (Wildman–Crippen MR) is 137 cm³/mol. The summed E-state index contributed by atoms with van der Waals surface area (Å²) in [5.41, 5.74) is -7.72. The third kappa shape index (κ3) is 5.91. The Hall–Kier alpha value is -2.85. The van der Waals surface area contributed by atoms with Gasteiger partial charge in [0.25, 0.3) is 0 Å². The third-order valence-electron chi connectivity index (χ3n) is 7.53. The second-order valence-corrected chi connectivity index (χ2v) is 12.4. The number of carbonyl (C=O) groups is 3. The molecule has 41 heavy (non-hydrogen) atoms. The summed E-state index contributed by atoms with van der Waals surface area (Å²) in [6.45, 7) is 7.44. The lowest BCUT2D eigenvalue weighted by Crippen LogP contribution is -2.72. The predicted octanol–water partition coefficient (Wildman–Crippen LogP) is -0.751. The largest absolute Gasteiger partial charge is 0.504 e. The van der Waals surface area contributed by atoms with Gasteiger partial charge in [0.15, 0.2) is 40.7 Å². The summed E-state index contributed by atoms with van der Waals surface area (Å²) in [7, 11) is 0. The van der Waals surface area contributed by atoms with Gasteiger partial charge in [0, 0.05) is 6.42 Å². The van der Waals surface area contributed by atoms with Crippen molar-refractivity contribution in [3.8, 4) is 17.2 Å². The zero-order valence-electron chi connectivity index (χ0n) is 23.6. The molecule has 1 saturated carbocycles. The first-order chi connectivity index (χ1) is 18.6. The van der Waals surface area contributed by atoms with Crippen LogP contribution in [0.15, 0.2) is 12.1 Å². The molecule has 0 aromatic heterocycles. The second-order valence-electron chi connectivity index (χ2n) is 12.4. The van der Waals surface area contributed by atoms with Gasteiger partial charge in [0.1, 0.15) is 37.1 Å². The van der Waals surface area contributed by atoms with Gasteiger partial charge < -0.3 is 55.1 Å². The summed E-state index contributed by atoms with van der Waals surface area (Å²) in [5.74, 6) is -5.14. The average molecular weight is 587 g/mol. The Morgan fingerprint density at radius 3 is 2.00 bits per heavy atom. The molecular weight excluding hydrogens is 548 g/mol. The summed E-state index contributed by atoms with van der Waals surface area (Å²) in [5, 5.41) is 82.6. The Morgan fingerprint density at radius 1 is 0.951 bits per heavy atom. The monoisotopic (exact) mass is 586 g/mol. The van der Waals surface area contributed by atoms with Crippen molar-refractivity contribution < 1.29 is 69.4 Å². The third-order valence-corrected chi connectivity index (χ3v) is 7.53. The molecule has 7 atom stereocenters. The van der Waals surface area contributed by atoms with Gasteiger partial charge in [-0.05, 0) is 39.8 Å². The van der Waals surface area contributed by atoms with Gasteiger partial charge >= 0.3 is 5.97 Å². The van der Waals surface area contributed by atoms with Gasteiger partial charge in [-0.15, -0.1) is 0 Å². The van der Waals surface area contributed by atoms with Crippen molar-refractivity contribution in [3.05, 3.63) is 17.7 Å². The molecule has 1 aliphatic heterocycles. The standard InChI is InChI=1S/C27H38O14/c1-24(2,37)10-27(38)22(36)25(3,4)21(35)26(5,6)23(27)41-20-18(33)17(32)16(31)14(40-20)9-39-19(34)11-7-12(28)15(30)13(29)8-11/h7-8,14,16-18,20,23,28-33,37-38H,9-10H2,1-6H3/t14-,16-,17+,18-,20+,23+,27+/m1/s1. The Balaban J connectivity index is 1.89. The molecule has 1 saturated heterocycles. The van der Waals surface area contributed by atoms with E-state index in [-0.39, 0.29) is 5.56 Å². The van der Waals surface area contributed by atoms with E-state index in [9.17, 15) is 55.2 Å². The Bertz CT molecular complexity index is 1180. The van der Waals surface area contributed by atoms with Crippen LogP contribution in [0.4, 0.5) is 0 Å². The molecule has 3 rings (SSSR count). The van der Waals surface area contributed by atoms with Crippen LogP contribution >= 0.6 is 0 Å². The fourth-order valence-corrected chi connectivity index (χ4v) is 5.66. The van der Waals surface area contributed by atoms with Crippen molar-refractivity contribution >= 4 is 17.5 Å². The summed E-state index contributed by atoms with van der Waals surface area (Å²) in [6, 6.07) is 1.62. The maximum absolute atomic E-state index is 13.5. The maximum atomic E-state index is 13.5. The molecule has 0 amide bonds. The van der Waals surface area contributed by atoms with E-state index in [0.29, 0.717) is 0 Å². The number of aromatic hydroxyl groups is 3. The first kappa shape index (κ1) is 32.7. The van der Waals surface area contributed by atoms with Crippen molar-refractivity contribution in [1.82, 2.24) is 0 Å². The van der Waals surface area contributed by atoms with Crippen molar-refractivity contribution in [2.24, 2.45) is 10.8 Å². The molecule has 1 aliphatic carbocycles. The van der Waals surface area contributed by atoms with Crippen molar-refractivity contribution in [2.45, 2.75) is 96.0 Å². The van der Waals surface area contributed by atoms with Gasteiger partial charge in [0.05, 0.1) is 22.0 Å². The minimum atomic E-state index is -2.46. The van der Waals surface area contributed by atoms with Crippen LogP contribution < -0.4 is 0 Å². The number of ether oxygens (including phenoxy) is 3. The number of esters is 1. The molecule has 14 nitrogen and oxygen atoms in total. The van der Waals surface area contributed by atoms with E-state index in [1.807, 2.05) is 0 Å². The van der Waals surface area contributed by atoms with Gasteiger partial charge in [-0.3, -0.25) is 9.59 Å². The van der Waals surface area contributed by atoms with Crippen LogP contribution in [-0.4, -0.2) is 113 Å². The minimum absolute atomic E-state index is 0.378. The van der Waals surface area contributed by atoms with Gasteiger partial charge in [-0.25, -0.2) is 4.79 Å². The quantitative estimate of drug-likeness (QED) is 0.111. The number of hydrogen-bond donors (Lipinski definition) is 8. The highest BCUT2D eigenvalue weighted by Crippen LogP contribution is 2.50. The topological polar surface area (TPSA) is 241 Å². The van der Waals surface area contributed by atoms with E-state index < -0.39 is 107 Å². The summed E-state index contributed by atoms with van der Waals surface area (Å²) in [4.78, 5) is 39.3. The van der Waals surface area contributed by atoms with Crippen LogP contribution in [0.25, 0.3) is 0 Å². The normalized spacial score (nSPS) is 33.4. The molecule has 0 bridgehead atoms. The lowest BCUT2D eigenvalue weighted by atomic mass is 9.54. The van der Waals surface area contributed by atoms with Crippen molar-refractivity contribution in [3.63, 3.8) is 0 Å². The zero-order chi connectivity index (χ0) is 31.5. The number of phenolic OH excluding ortho intramolecular Hbond substituents is 3. The number of carbonyl (C=O) groups excluding carboxylic acids is 3. The molecule has 8 N–H and O–H groups in total. The Morgan fingerprint density at radius 2 is 1.49 bits per heavy atom. The molecule has 1 aromatic rings. The first-order valence-electron chi connectivity index (χ1n) is 12.9. The second kappa shape index (κ2) is 10.8. The average Bonchev–Trinajstić information content (AvgIpc) is 2.85. The number of rotatable bonds is 7. The highest BCUT2D eigenvalue weighted by Gasteiger charge is 2.67. The van der Waals surface area contributed by atoms with Crippen LogP contribution in [0.2, 0.25) is 0 Å². The zero-order valence-corrected chi connectivity index (χ0v) is 23.6. The van der Waals surface area contributed by atoms with Gasteiger partial charge in [-0.1, -0.05) is 13.8 Å². The molecule has 2 aliphatic rings. The molecule has 0 unspecified atom stereocenters. The highest BCUT2D eigenvalue weighted by molar-refractivity contribution is 6.14. The number of hydrogen-bond acceptors (Lipinski definition) is 14. The van der Waals surface area contributed by atoms with E-state index in [1.165, 1.54) is 41.5 Å².